The predicted molar refractivity (Wildman–Crippen MR) is 78.6 cm³/mol. The first-order chi connectivity index (χ1) is 9.90. The summed E-state index contributed by atoms with van der Waals surface area (Å²) in [4.78, 5) is 39.6. The van der Waals surface area contributed by atoms with E-state index in [1.165, 1.54) is 6.92 Å². The van der Waals surface area contributed by atoms with Crippen LogP contribution in [0.5, 0.6) is 0 Å². The van der Waals surface area contributed by atoms with E-state index in [0.29, 0.717) is 28.5 Å². The van der Waals surface area contributed by atoms with E-state index in [1.807, 2.05) is 0 Å². The monoisotopic (exact) mass is 310 g/mol. The van der Waals surface area contributed by atoms with Crippen LogP contribution in [0.2, 0.25) is 0 Å². The van der Waals surface area contributed by atoms with Crippen LogP contribution in [0.1, 0.15) is 48.0 Å². The molecule has 1 aliphatic carbocycles. The van der Waals surface area contributed by atoms with Crippen molar-refractivity contribution in [2.75, 3.05) is 5.32 Å². The number of carbonyl (C=O) groups excluding carboxylic acids is 2. The Balaban J connectivity index is 2.11. The van der Waals surface area contributed by atoms with Crippen molar-refractivity contribution in [2.45, 2.75) is 39.5 Å². The van der Waals surface area contributed by atoms with Gasteiger partial charge in [-0.2, -0.15) is 0 Å². The number of Topliss-reactive ketones (excluding diaryl/α,β-unsaturated/α-hetero) is 1. The van der Waals surface area contributed by atoms with E-state index < -0.39 is 17.8 Å². The zero-order chi connectivity index (χ0) is 15.6. The molecule has 0 unspecified atom stereocenters. The zero-order valence-corrected chi connectivity index (χ0v) is 12.8. The van der Waals surface area contributed by atoms with Crippen molar-refractivity contribution in [1.29, 1.82) is 0 Å². The van der Waals surface area contributed by atoms with E-state index in [4.69, 9.17) is 0 Å². The highest BCUT2D eigenvalue weighted by Gasteiger charge is 2.36. The Morgan fingerprint density at radius 1 is 1.24 bits per heavy atom. The van der Waals surface area contributed by atoms with Crippen molar-refractivity contribution in [3.63, 3.8) is 0 Å². The number of ketones is 1. The second kappa shape index (κ2) is 6.34. The second-order valence-corrected chi connectivity index (χ2v) is 6.31. The molecule has 2 rings (SSSR count). The fraction of sp³-hybridized carbons (Fsp3) is 0.571. The molecule has 2 atom stereocenters. The summed E-state index contributed by atoms with van der Waals surface area (Å²) in [7, 11) is 0. The molecule has 6 nitrogen and oxygen atoms in total. The number of nitrogens with zero attached hydrogens (tertiary/aromatic N) is 1. The van der Waals surface area contributed by atoms with Crippen molar-refractivity contribution >= 4 is 34.1 Å². The van der Waals surface area contributed by atoms with Crippen LogP contribution in [-0.2, 0) is 9.59 Å². The average Bonchev–Trinajstić information content (AvgIpc) is 2.79. The van der Waals surface area contributed by atoms with Crippen molar-refractivity contribution < 1.29 is 19.5 Å². The molecule has 0 aliphatic heterocycles. The van der Waals surface area contributed by atoms with Crippen LogP contribution >= 0.6 is 11.3 Å². The first-order valence-electron chi connectivity index (χ1n) is 6.92. The minimum atomic E-state index is -0.922. The number of aliphatic carboxylic acids is 1. The molecule has 1 aliphatic rings. The second-order valence-electron chi connectivity index (χ2n) is 5.31. The average molecular weight is 310 g/mol. The van der Waals surface area contributed by atoms with Gasteiger partial charge >= 0.3 is 5.97 Å². The molecule has 1 heterocycles. The standard InChI is InChI=1S/C14H18N2O4S/c1-7-11(8(2)17)21-14(15-7)16-12(18)9-5-3-4-6-10(9)13(19)20/h9-10H,3-6H2,1-2H3,(H,19,20)(H,15,16,18)/t9-,10+/m1/s1. The summed E-state index contributed by atoms with van der Waals surface area (Å²) in [6, 6.07) is 0. The minimum Gasteiger partial charge on any atom is -0.481 e. The Morgan fingerprint density at radius 3 is 2.38 bits per heavy atom. The Hall–Kier alpha value is -1.76. The normalized spacial score (nSPS) is 21.8. The summed E-state index contributed by atoms with van der Waals surface area (Å²) < 4.78 is 0. The van der Waals surface area contributed by atoms with Gasteiger partial charge in [-0.25, -0.2) is 4.98 Å². The minimum absolute atomic E-state index is 0.0911. The number of hydrogen-bond donors (Lipinski definition) is 2. The van der Waals surface area contributed by atoms with Crippen molar-refractivity contribution in [2.24, 2.45) is 11.8 Å². The molecule has 1 amide bonds. The molecule has 0 bridgehead atoms. The molecule has 0 spiro atoms. The number of rotatable bonds is 4. The lowest BCUT2D eigenvalue weighted by Gasteiger charge is -2.26. The van der Waals surface area contributed by atoms with Crippen molar-refractivity contribution in [1.82, 2.24) is 4.98 Å². The van der Waals surface area contributed by atoms with E-state index in [9.17, 15) is 19.5 Å². The molecule has 114 valence electrons. The molecule has 2 N–H and O–H groups in total. The molecule has 1 fully saturated rings. The Morgan fingerprint density at radius 2 is 1.86 bits per heavy atom. The van der Waals surface area contributed by atoms with Gasteiger partial charge in [0.05, 0.1) is 22.4 Å². The number of nitrogens with one attached hydrogen (secondary N) is 1. The number of carbonyl (C=O) groups is 3. The molecule has 21 heavy (non-hydrogen) atoms. The third-order valence-corrected chi connectivity index (χ3v) is 4.94. The lowest BCUT2D eigenvalue weighted by atomic mass is 9.79. The van der Waals surface area contributed by atoms with E-state index in [1.54, 1.807) is 6.92 Å². The van der Waals surface area contributed by atoms with Crippen molar-refractivity contribution in [3.05, 3.63) is 10.6 Å². The summed E-state index contributed by atoms with van der Waals surface area (Å²) in [6.07, 6.45) is 2.80. The van der Waals surface area contributed by atoms with E-state index >= 15 is 0 Å². The summed E-state index contributed by atoms with van der Waals surface area (Å²) in [5, 5.41) is 12.2. The van der Waals surface area contributed by atoms with Gasteiger partial charge in [0.25, 0.3) is 0 Å². The number of thiazole rings is 1. The number of anilines is 1. The summed E-state index contributed by atoms with van der Waals surface area (Å²) in [5.41, 5.74) is 0.584. The maximum Gasteiger partial charge on any atom is 0.307 e. The van der Waals surface area contributed by atoms with Crippen LogP contribution in [0.3, 0.4) is 0 Å². The van der Waals surface area contributed by atoms with Crippen LogP contribution < -0.4 is 5.32 Å². The molecule has 0 radical (unpaired) electrons. The molecule has 1 aromatic rings. The molecular weight excluding hydrogens is 292 g/mol. The highest BCUT2D eigenvalue weighted by molar-refractivity contribution is 7.17. The highest BCUT2D eigenvalue weighted by atomic mass is 32.1. The summed E-state index contributed by atoms with van der Waals surface area (Å²) >= 11 is 1.13. The number of aromatic nitrogens is 1. The fourth-order valence-corrected chi connectivity index (χ4v) is 3.58. The molecule has 7 heteroatoms. The van der Waals surface area contributed by atoms with Crippen LogP contribution in [0.25, 0.3) is 0 Å². The van der Waals surface area contributed by atoms with Crippen molar-refractivity contribution in [3.8, 4) is 0 Å². The SMILES string of the molecule is CC(=O)c1sc(NC(=O)[C@@H]2CCCC[C@@H]2C(=O)O)nc1C. The predicted octanol–water partition coefficient (Wildman–Crippen LogP) is 2.48. The highest BCUT2D eigenvalue weighted by Crippen LogP contribution is 2.32. The number of hydrogen-bond acceptors (Lipinski definition) is 5. The van der Waals surface area contributed by atoms with Gasteiger partial charge in [0, 0.05) is 6.92 Å². The van der Waals surface area contributed by atoms with Crippen LogP contribution in [0, 0.1) is 18.8 Å². The van der Waals surface area contributed by atoms with Gasteiger partial charge in [0.2, 0.25) is 5.91 Å². The Bertz CT molecular complexity index is 582. The van der Waals surface area contributed by atoms with Gasteiger partial charge in [-0.1, -0.05) is 24.2 Å². The number of carboxylic acids is 1. The summed E-state index contributed by atoms with van der Waals surface area (Å²) in [6.45, 7) is 3.16. The maximum absolute atomic E-state index is 12.3. The fourth-order valence-electron chi connectivity index (χ4n) is 2.71. The number of amides is 1. The largest absolute Gasteiger partial charge is 0.481 e. The maximum atomic E-state index is 12.3. The van der Waals surface area contributed by atoms with Gasteiger partial charge < -0.3 is 10.4 Å². The Kier molecular flexibility index (Phi) is 4.72. The van der Waals surface area contributed by atoms with Gasteiger partial charge in [-0.3, -0.25) is 14.4 Å². The van der Waals surface area contributed by atoms with E-state index in [-0.39, 0.29) is 11.7 Å². The van der Waals surface area contributed by atoms with Gasteiger partial charge in [-0.05, 0) is 19.8 Å². The van der Waals surface area contributed by atoms with Gasteiger partial charge in [0.15, 0.2) is 10.9 Å². The third kappa shape index (κ3) is 3.47. The van der Waals surface area contributed by atoms with Crippen LogP contribution in [-0.4, -0.2) is 27.8 Å². The topological polar surface area (TPSA) is 96.4 Å². The van der Waals surface area contributed by atoms with Crippen LogP contribution in [0.15, 0.2) is 0 Å². The number of carboxylic acid groups (broad SMARTS) is 1. The zero-order valence-electron chi connectivity index (χ0n) is 12.0. The van der Waals surface area contributed by atoms with Crippen LogP contribution in [0.4, 0.5) is 5.13 Å². The quantitative estimate of drug-likeness (QED) is 0.833. The summed E-state index contributed by atoms with van der Waals surface area (Å²) in [5.74, 6) is -2.49. The first-order valence-corrected chi connectivity index (χ1v) is 7.74. The van der Waals surface area contributed by atoms with E-state index in [0.717, 1.165) is 24.2 Å². The lowest BCUT2D eigenvalue weighted by Crippen LogP contribution is -2.36. The molecule has 1 saturated carbocycles. The van der Waals surface area contributed by atoms with Gasteiger partial charge in [0.1, 0.15) is 0 Å². The molecule has 1 aromatic heterocycles. The smallest absolute Gasteiger partial charge is 0.307 e. The third-order valence-electron chi connectivity index (χ3n) is 3.77. The molecule has 0 aromatic carbocycles. The molecular formula is C14H18N2O4S. The molecule has 0 saturated heterocycles. The first kappa shape index (κ1) is 15.6. The Labute approximate surface area is 126 Å². The number of aryl methyl sites for hydroxylation is 1. The lowest BCUT2D eigenvalue weighted by molar-refractivity contribution is -0.147. The van der Waals surface area contributed by atoms with E-state index in [2.05, 4.69) is 10.3 Å². The van der Waals surface area contributed by atoms with Gasteiger partial charge in [-0.15, -0.1) is 0 Å².